The molecule has 1 aliphatic carbocycles. The van der Waals surface area contributed by atoms with E-state index in [9.17, 15) is 0 Å². The van der Waals surface area contributed by atoms with Crippen molar-refractivity contribution in [2.45, 2.75) is 77.0 Å². The van der Waals surface area contributed by atoms with E-state index in [0.29, 0.717) is 12.0 Å². The fourth-order valence-corrected chi connectivity index (χ4v) is 3.93. The molecule has 0 aromatic carbocycles. The van der Waals surface area contributed by atoms with Crippen LogP contribution in [0.25, 0.3) is 0 Å². The highest BCUT2D eigenvalue weighted by Gasteiger charge is 2.47. The maximum absolute atomic E-state index is 6.06. The van der Waals surface area contributed by atoms with Crippen LogP contribution in [-0.4, -0.2) is 37.0 Å². The summed E-state index contributed by atoms with van der Waals surface area (Å²) in [6, 6.07) is 0.429. The molecule has 2 fully saturated rings. The number of rotatable bonds is 6. The van der Waals surface area contributed by atoms with Crippen molar-refractivity contribution in [3.8, 4) is 0 Å². The monoisotopic (exact) mass is 269 g/mol. The van der Waals surface area contributed by atoms with Gasteiger partial charge in [0.15, 0.2) is 0 Å². The minimum absolute atomic E-state index is 0.0995. The summed E-state index contributed by atoms with van der Waals surface area (Å²) >= 11 is 0. The summed E-state index contributed by atoms with van der Waals surface area (Å²) < 4.78 is 12.1. The molecule has 112 valence electrons. The van der Waals surface area contributed by atoms with Gasteiger partial charge in [-0.1, -0.05) is 6.92 Å². The van der Waals surface area contributed by atoms with Gasteiger partial charge in [0.05, 0.1) is 11.2 Å². The van der Waals surface area contributed by atoms with Gasteiger partial charge < -0.3 is 14.8 Å². The lowest BCUT2D eigenvalue weighted by atomic mass is 9.68. The van der Waals surface area contributed by atoms with Gasteiger partial charge in [-0.05, 0) is 65.3 Å². The van der Waals surface area contributed by atoms with E-state index in [4.69, 9.17) is 9.47 Å². The molecule has 2 rings (SSSR count). The summed E-state index contributed by atoms with van der Waals surface area (Å²) in [6.45, 7) is 11.4. The molecule has 3 nitrogen and oxygen atoms in total. The Morgan fingerprint density at radius 2 is 2.11 bits per heavy atom. The van der Waals surface area contributed by atoms with E-state index >= 15 is 0 Å². The van der Waals surface area contributed by atoms with Crippen LogP contribution in [0.4, 0.5) is 0 Å². The molecular weight excluding hydrogens is 238 g/mol. The molecule has 0 bridgehead atoms. The number of ether oxygens (including phenoxy) is 2. The van der Waals surface area contributed by atoms with E-state index in [-0.39, 0.29) is 11.2 Å². The molecule has 1 saturated heterocycles. The van der Waals surface area contributed by atoms with Crippen molar-refractivity contribution in [3.05, 3.63) is 0 Å². The van der Waals surface area contributed by atoms with Crippen molar-refractivity contribution < 1.29 is 9.47 Å². The van der Waals surface area contributed by atoms with Gasteiger partial charge >= 0.3 is 0 Å². The Hall–Kier alpha value is -0.120. The van der Waals surface area contributed by atoms with Crippen LogP contribution in [0, 0.1) is 5.92 Å². The van der Waals surface area contributed by atoms with E-state index in [2.05, 4.69) is 33.0 Å². The van der Waals surface area contributed by atoms with Crippen LogP contribution in [0.3, 0.4) is 0 Å². The average Bonchev–Trinajstić information content (AvgIpc) is 2.34. The van der Waals surface area contributed by atoms with Gasteiger partial charge in [-0.25, -0.2) is 0 Å². The second kappa shape index (κ2) is 6.11. The predicted octanol–water partition coefficient (Wildman–Crippen LogP) is 3.13. The molecule has 2 atom stereocenters. The van der Waals surface area contributed by atoms with Gasteiger partial charge in [0, 0.05) is 19.3 Å². The molecule has 1 heterocycles. The molecule has 0 aromatic heterocycles. The Morgan fingerprint density at radius 3 is 2.63 bits per heavy atom. The van der Waals surface area contributed by atoms with Crippen LogP contribution in [-0.2, 0) is 9.47 Å². The zero-order valence-corrected chi connectivity index (χ0v) is 13.1. The predicted molar refractivity (Wildman–Crippen MR) is 78.4 cm³/mol. The van der Waals surface area contributed by atoms with Gasteiger partial charge in [0.2, 0.25) is 0 Å². The Bertz CT molecular complexity index is 286. The second-order valence-electron chi connectivity index (χ2n) is 6.71. The number of hydrogen-bond donors (Lipinski definition) is 1. The molecule has 1 aliphatic heterocycles. The molecule has 1 N–H and O–H groups in total. The topological polar surface area (TPSA) is 30.5 Å². The summed E-state index contributed by atoms with van der Waals surface area (Å²) in [5, 5.41) is 3.68. The highest BCUT2D eigenvalue weighted by atomic mass is 16.5. The first-order valence-electron chi connectivity index (χ1n) is 8.04. The maximum Gasteiger partial charge on any atom is 0.0781 e. The Morgan fingerprint density at radius 1 is 1.37 bits per heavy atom. The number of nitrogens with one attached hydrogen (secondary N) is 1. The van der Waals surface area contributed by atoms with Crippen LogP contribution >= 0.6 is 0 Å². The lowest BCUT2D eigenvalue weighted by Gasteiger charge is -2.51. The van der Waals surface area contributed by atoms with Crippen molar-refractivity contribution in [3.63, 3.8) is 0 Å². The van der Waals surface area contributed by atoms with E-state index < -0.39 is 0 Å². The minimum Gasteiger partial charge on any atom is -0.375 e. The third kappa shape index (κ3) is 3.32. The molecule has 0 amide bonds. The molecule has 2 aliphatic rings. The number of hydrogen-bond acceptors (Lipinski definition) is 3. The van der Waals surface area contributed by atoms with Crippen molar-refractivity contribution in [1.29, 1.82) is 0 Å². The molecule has 1 spiro atoms. The second-order valence-corrected chi connectivity index (χ2v) is 6.71. The van der Waals surface area contributed by atoms with Crippen LogP contribution in [0.1, 0.15) is 59.8 Å². The van der Waals surface area contributed by atoms with Crippen molar-refractivity contribution in [2.75, 3.05) is 19.8 Å². The smallest absolute Gasteiger partial charge is 0.0781 e. The van der Waals surface area contributed by atoms with Gasteiger partial charge in [-0.15, -0.1) is 0 Å². The van der Waals surface area contributed by atoms with Gasteiger partial charge in [-0.3, -0.25) is 0 Å². The standard InChI is InChI=1S/C16H31NO2/c1-5-17-14(15(3,4)18-6-2)13-8-11-19-16(12-13)9-7-10-16/h13-14,17H,5-12H2,1-4H3. The van der Waals surface area contributed by atoms with E-state index in [1.807, 2.05) is 0 Å². The van der Waals surface area contributed by atoms with Crippen LogP contribution in [0.15, 0.2) is 0 Å². The van der Waals surface area contributed by atoms with Gasteiger partial charge in [-0.2, -0.15) is 0 Å². The molecule has 1 saturated carbocycles. The largest absolute Gasteiger partial charge is 0.375 e. The maximum atomic E-state index is 6.06. The van der Waals surface area contributed by atoms with Crippen LogP contribution in [0.5, 0.6) is 0 Å². The molecule has 0 aromatic rings. The van der Waals surface area contributed by atoms with Crippen LogP contribution in [0.2, 0.25) is 0 Å². The van der Waals surface area contributed by atoms with Crippen molar-refractivity contribution in [1.82, 2.24) is 5.32 Å². The summed E-state index contributed by atoms with van der Waals surface area (Å²) in [4.78, 5) is 0. The quantitative estimate of drug-likeness (QED) is 0.803. The SMILES string of the molecule is CCNC(C1CCOC2(CCC2)C1)C(C)(C)OCC. The van der Waals surface area contributed by atoms with Gasteiger partial charge in [0.25, 0.3) is 0 Å². The fraction of sp³-hybridized carbons (Fsp3) is 1.00. The Labute approximate surface area is 118 Å². The lowest BCUT2D eigenvalue weighted by Crippen LogP contribution is -2.57. The van der Waals surface area contributed by atoms with Crippen LogP contribution < -0.4 is 5.32 Å². The van der Waals surface area contributed by atoms with E-state index in [0.717, 1.165) is 26.2 Å². The molecule has 19 heavy (non-hydrogen) atoms. The summed E-state index contributed by atoms with van der Waals surface area (Å²) in [7, 11) is 0. The van der Waals surface area contributed by atoms with Gasteiger partial charge in [0.1, 0.15) is 0 Å². The molecular formula is C16H31NO2. The molecule has 2 unspecified atom stereocenters. The Kier molecular flexibility index (Phi) is 4.91. The highest BCUT2D eigenvalue weighted by Crippen LogP contribution is 2.46. The Balaban J connectivity index is 2.05. The summed E-state index contributed by atoms with van der Waals surface area (Å²) in [5.74, 6) is 0.676. The molecule has 3 heteroatoms. The third-order valence-corrected chi connectivity index (χ3v) is 4.96. The average molecular weight is 269 g/mol. The van der Waals surface area contributed by atoms with Crippen molar-refractivity contribution >= 4 is 0 Å². The first kappa shape index (κ1) is 15.3. The third-order valence-electron chi connectivity index (χ3n) is 4.96. The normalized spacial score (nSPS) is 28.1. The lowest BCUT2D eigenvalue weighted by molar-refractivity contribution is -0.159. The zero-order valence-electron chi connectivity index (χ0n) is 13.1. The minimum atomic E-state index is -0.0995. The fourth-order valence-electron chi connectivity index (χ4n) is 3.93. The number of likely N-dealkylation sites (N-methyl/N-ethyl adjacent to an activating group) is 1. The highest BCUT2D eigenvalue weighted by molar-refractivity contribution is 5.00. The van der Waals surface area contributed by atoms with E-state index in [1.54, 1.807) is 0 Å². The van der Waals surface area contributed by atoms with Crippen molar-refractivity contribution in [2.24, 2.45) is 5.92 Å². The van der Waals surface area contributed by atoms with E-state index in [1.165, 1.54) is 25.7 Å². The summed E-state index contributed by atoms with van der Waals surface area (Å²) in [6.07, 6.45) is 6.24. The first-order valence-corrected chi connectivity index (χ1v) is 8.04. The molecule has 0 radical (unpaired) electrons. The first-order chi connectivity index (χ1) is 9.03. The summed E-state index contributed by atoms with van der Waals surface area (Å²) in [5.41, 5.74) is 0.122. The zero-order chi connectivity index (χ0) is 13.9.